The molecule has 0 spiro atoms. The van der Waals surface area contributed by atoms with E-state index in [4.69, 9.17) is 4.42 Å². The van der Waals surface area contributed by atoms with Crippen molar-refractivity contribution in [2.45, 2.75) is 39.2 Å². The van der Waals surface area contributed by atoms with Crippen molar-refractivity contribution < 1.29 is 14.3 Å². The summed E-state index contributed by atoms with van der Waals surface area (Å²) in [5.74, 6) is 0.897. The minimum atomic E-state index is -0.241. The van der Waals surface area contributed by atoms with Gasteiger partial charge in [0.15, 0.2) is 0 Å². The average molecular weight is 315 g/mol. The summed E-state index contributed by atoms with van der Waals surface area (Å²) in [6.45, 7) is 5.71. The molecule has 1 saturated heterocycles. The second kappa shape index (κ2) is 6.75. The van der Waals surface area contributed by atoms with Crippen LogP contribution in [0, 0.1) is 11.8 Å². The SMILES string of the molecule is CC(C)C[C@H](O)C1CCN(C(=O)c2ccc3occc3c2)CC1. The number of aliphatic hydroxyl groups excluding tert-OH is 1. The van der Waals surface area contributed by atoms with Gasteiger partial charge in [0.25, 0.3) is 5.91 Å². The average Bonchev–Trinajstić information content (AvgIpc) is 3.01. The minimum Gasteiger partial charge on any atom is -0.464 e. The molecule has 0 unspecified atom stereocenters. The third kappa shape index (κ3) is 3.58. The lowest BCUT2D eigenvalue weighted by atomic mass is 9.87. The number of likely N-dealkylation sites (tertiary alicyclic amines) is 1. The van der Waals surface area contributed by atoms with Crippen LogP contribution in [0.1, 0.15) is 43.5 Å². The van der Waals surface area contributed by atoms with E-state index in [0.717, 1.165) is 43.3 Å². The highest BCUT2D eigenvalue weighted by Gasteiger charge is 2.28. The predicted molar refractivity (Wildman–Crippen MR) is 90.3 cm³/mol. The van der Waals surface area contributed by atoms with Gasteiger partial charge in [-0.3, -0.25) is 4.79 Å². The van der Waals surface area contributed by atoms with Gasteiger partial charge in [0.05, 0.1) is 12.4 Å². The van der Waals surface area contributed by atoms with Gasteiger partial charge in [-0.15, -0.1) is 0 Å². The molecular weight excluding hydrogens is 290 g/mol. The number of furan rings is 1. The number of fused-ring (bicyclic) bond motifs is 1. The Bertz CT molecular complexity index is 668. The van der Waals surface area contributed by atoms with Crippen LogP contribution >= 0.6 is 0 Å². The number of carbonyl (C=O) groups is 1. The largest absolute Gasteiger partial charge is 0.464 e. The van der Waals surface area contributed by atoms with E-state index < -0.39 is 0 Å². The molecule has 2 aromatic rings. The lowest BCUT2D eigenvalue weighted by Crippen LogP contribution is -2.41. The van der Waals surface area contributed by atoms with E-state index >= 15 is 0 Å². The zero-order valence-electron chi connectivity index (χ0n) is 13.9. The van der Waals surface area contributed by atoms with Crippen LogP contribution < -0.4 is 0 Å². The molecule has 1 fully saturated rings. The number of hydrogen-bond acceptors (Lipinski definition) is 3. The van der Waals surface area contributed by atoms with Crippen molar-refractivity contribution in [2.75, 3.05) is 13.1 Å². The van der Waals surface area contributed by atoms with Gasteiger partial charge in [0, 0.05) is 24.0 Å². The van der Waals surface area contributed by atoms with E-state index in [-0.39, 0.29) is 12.0 Å². The lowest BCUT2D eigenvalue weighted by Gasteiger charge is -2.34. The fourth-order valence-electron chi connectivity index (χ4n) is 3.45. The normalized spacial score (nSPS) is 17.8. The number of amides is 1. The van der Waals surface area contributed by atoms with Gasteiger partial charge in [-0.05, 0) is 55.4 Å². The van der Waals surface area contributed by atoms with E-state index in [9.17, 15) is 9.90 Å². The molecule has 0 bridgehead atoms. The van der Waals surface area contributed by atoms with E-state index in [1.54, 1.807) is 6.26 Å². The molecule has 3 rings (SSSR count). The topological polar surface area (TPSA) is 53.7 Å². The number of nitrogens with zero attached hydrogens (tertiary/aromatic N) is 1. The zero-order chi connectivity index (χ0) is 16.4. The first-order chi connectivity index (χ1) is 11.0. The summed E-state index contributed by atoms with van der Waals surface area (Å²) < 4.78 is 5.32. The van der Waals surface area contributed by atoms with Crippen molar-refractivity contribution in [1.29, 1.82) is 0 Å². The van der Waals surface area contributed by atoms with Crippen molar-refractivity contribution in [3.8, 4) is 0 Å². The Morgan fingerprint density at radius 1 is 1.30 bits per heavy atom. The first-order valence-corrected chi connectivity index (χ1v) is 8.49. The van der Waals surface area contributed by atoms with Crippen molar-refractivity contribution >= 4 is 16.9 Å². The summed E-state index contributed by atoms with van der Waals surface area (Å²) in [5, 5.41) is 11.2. The predicted octanol–water partition coefficient (Wildman–Crippen LogP) is 3.69. The third-order valence-electron chi connectivity index (χ3n) is 4.78. The highest BCUT2D eigenvalue weighted by atomic mass is 16.3. The molecule has 1 amide bonds. The summed E-state index contributed by atoms with van der Waals surface area (Å²) >= 11 is 0. The number of hydrogen-bond donors (Lipinski definition) is 1. The number of carbonyl (C=O) groups excluding carboxylic acids is 1. The monoisotopic (exact) mass is 315 g/mol. The van der Waals surface area contributed by atoms with Crippen LogP contribution in [0.4, 0.5) is 0 Å². The Morgan fingerprint density at radius 2 is 2.04 bits per heavy atom. The Labute approximate surface area is 137 Å². The molecule has 23 heavy (non-hydrogen) atoms. The number of piperidine rings is 1. The summed E-state index contributed by atoms with van der Waals surface area (Å²) in [7, 11) is 0. The first kappa shape index (κ1) is 16.1. The number of rotatable bonds is 4. The Balaban J connectivity index is 1.61. The lowest BCUT2D eigenvalue weighted by molar-refractivity contribution is 0.0385. The molecule has 1 aliphatic heterocycles. The molecule has 4 heteroatoms. The fourth-order valence-corrected chi connectivity index (χ4v) is 3.45. The van der Waals surface area contributed by atoms with Crippen LogP contribution in [-0.4, -0.2) is 35.1 Å². The minimum absolute atomic E-state index is 0.0740. The quantitative estimate of drug-likeness (QED) is 0.936. The maximum atomic E-state index is 12.7. The fraction of sp³-hybridized carbons (Fsp3) is 0.526. The van der Waals surface area contributed by atoms with Crippen molar-refractivity contribution in [1.82, 2.24) is 4.90 Å². The Morgan fingerprint density at radius 3 is 2.74 bits per heavy atom. The van der Waals surface area contributed by atoms with Crippen LogP contribution in [0.5, 0.6) is 0 Å². The highest BCUT2D eigenvalue weighted by Crippen LogP contribution is 2.26. The number of aliphatic hydroxyl groups is 1. The van der Waals surface area contributed by atoms with Gasteiger partial charge in [0.1, 0.15) is 5.58 Å². The maximum absolute atomic E-state index is 12.7. The van der Waals surface area contributed by atoms with Crippen molar-refractivity contribution in [3.63, 3.8) is 0 Å². The summed E-state index contributed by atoms with van der Waals surface area (Å²) in [5.41, 5.74) is 1.51. The van der Waals surface area contributed by atoms with E-state index in [1.807, 2.05) is 29.2 Å². The zero-order valence-corrected chi connectivity index (χ0v) is 13.9. The van der Waals surface area contributed by atoms with Crippen LogP contribution in [0.25, 0.3) is 11.0 Å². The molecule has 124 valence electrons. The highest BCUT2D eigenvalue weighted by molar-refractivity contribution is 5.97. The number of benzene rings is 1. The molecule has 4 nitrogen and oxygen atoms in total. The molecule has 1 aromatic carbocycles. The van der Waals surface area contributed by atoms with E-state index in [0.29, 0.717) is 17.4 Å². The van der Waals surface area contributed by atoms with E-state index in [2.05, 4.69) is 13.8 Å². The first-order valence-electron chi connectivity index (χ1n) is 8.49. The molecule has 0 aliphatic carbocycles. The van der Waals surface area contributed by atoms with Gasteiger partial charge in [-0.25, -0.2) is 0 Å². The third-order valence-corrected chi connectivity index (χ3v) is 4.78. The second-order valence-corrected chi connectivity index (χ2v) is 7.00. The van der Waals surface area contributed by atoms with Gasteiger partial charge in [-0.1, -0.05) is 13.8 Å². The van der Waals surface area contributed by atoms with Gasteiger partial charge < -0.3 is 14.4 Å². The van der Waals surface area contributed by atoms with Crippen LogP contribution in [0.3, 0.4) is 0 Å². The second-order valence-electron chi connectivity index (χ2n) is 7.00. The molecule has 1 aliphatic rings. The summed E-state index contributed by atoms with van der Waals surface area (Å²) in [4.78, 5) is 14.6. The molecular formula is C19H25NO3. The molecule has 1 atom stereocenters. The van der Waals surface area contributed by atoms with Crippen LogP contribution in [-0.2, 0) is 0 Å². The van der Waals surface area contributed by atoms with E-state index in [1.165, 1.54) is 0 Å². The standard InChI is InChI=1S/C19H25NO3/c1-13(2)11-17(21)14-5-8-20(9-6-14)19(22)16-3-4-18-15(12-16)7-10-23-18/h3-4,7,10,12-14,17,21H,5-6,8-9,11H2,1-2H3/t17-/m0/s1. The van der Waals surface area contributed by atoms with Gasteiger partial charge >= 0.3 is 0 Å². The van der Waals surface area contributed by atoms with Gasteiger partial charge in [-0.2, -0.15) is 0 Å². The molecule has 0 radical (unpaired) electrons. The maximum Gasteiger partial charge on any atom is 0.253 e. The molecule has 1 N–H and O–H groups in total. The molecule has 0 saturated carbocycles. The van der Waals surface area contributed by atoms with Gasteiger partial charge in [0.2, 0.25) is 0 Å². The van der Waals surface area contributed by atoms with Crippen molar-refractivity contribution in [2.24, 2.45) is 11.8 Å². The summed E-state index contributed by atoms with van der Waals surface area (Å²) in [6, 6.07) is 7.44. The smallest absolute Gasteiger partial charge is 0.253 e. The molecule has 2 heterocycles. The molecule has 1 aromatic heterocycles. The Kier molecular flexibility index (Phi) is 4.71. The Hall–Kier alpha value is -1.81. The summed E-state index contributed by atoms with van der Waals surface area (Å²) in [6.07, 6.45) is 4.01. The van der Waals surface area contributed by atoms with Crippen molar-refractivity contribution in [3.05, 3.63) is 36.1 Å². The van der Waals surface area contributed by atoms with Crippen LogP contribution in [0.2, 0.25) is 0 Å². The van der Waals surface area contributed by atoms with Crippen LogP contribution in [0.15, 0.2) is 34.9 Å².